The van der Waals surface area contributed by atoms with Crippen LogP contribution in [-0.2, 0) is 6.42 Å². The van der Waals surface area contributed by atoms with E-state index in [0.717, 1.165) is 12.0 Å². The quantitative estimate of drug-likeness (QED) is 0.530. The Balaban J connectivity index is 2.10. The maximum atomic E-state index is 4.90. The molecule has 4 rings (SSSR count). The maximum absolute atomic E-state index is 4.90. The second kappa shape index (κ2) is 7.50. The van der Waals surface area contributed by atoms with E-state index >= 15 is 0 Å². The Morgan fingerprint density at radius 2 is 1.26 bits per heavy atom. The van der Waals surface area contributed by atoms with E-state index in [1.807, 2.05) is 6.20 Å². The molecular weight excluding hydrogens is 347 g/mol. The van der Waals surface area contributed by atoms with E-state index in [1.165, 1.54) is 27.2 Å². The monoisotopic (exact) mass is 371 g/mol. The highest BCUT2D eigenvalue weighted by Gasteiger charge is 2.50. The Labute approximate surface area is 161 Å². The summed E-state index contributed by atoms with van der Waals surface area (Å²) >= 11 is 0. The first kappa shape index (κ1) is 17.7. The third kappa shape index (κ3) is 3.11. The number of H-pyrrole nitrogens is 1. The molecule has 1 heterocycles. The van der Waals surface area contributed by atoms with Crippen molar-refractivity contribution in [2.24, 2.45) is 0 Å². The topological polar surface area (TPSA) is 28.7 Å². The van der Waals surface area contributed by atoms with Gasteiger partial charge in [-0.15, -0.1) is 0 Å². The standard InChI is InChI=1S/C24H24N2P/c1-3-20-18-25-24(26-20)27(21-10-6-4-7-11-21,22-12-8-5-9-13-22)23-16-14-19(2)15-17-23/h4-18H,3H2,1-2H3,(H,25,26)/q+1. The molecule has 0 saturated heterocycles. The second-order valence-corrected chi connectivity index (χ2v) is 10.1. The van der Waals surface area contributed by atoms with E-state index in [-0.39, 0.29) is 0 Å². The van der Waals surface area contributed by atoms with Crippen LogP contribution in [0.5, 0.6) is 0 Å². The van der Waals surface area contributed by atoms with Gasteiger partial charge in [-0.25, -0.2) is 4.98 Å². The Hall–Kier alpha value is -2.70. The predicted molar refractivity (Wildman–Crippen MR) is 117 cm³/mol. The van der Waals surface area contributed by atoms with Crippen molar-refractivity contribution in [3.8, 4) is 0 Å². The van der Waals surface area contributed by atoms with Crippen molar-refractivity contribution in [3.63, 3.8) is 0 Å². The molecule has 2 nitrogen and oxygen atoms in total. The molecule has 3 heteroatoms. The molecule has 0 unspecified atom stereocenters. The van der Waals surface area contributed by atoms with Crippen LogP contribution in [0, 0.1) is 6.92 Å². The fourth-order valence-corrected chi connectivity index (χ4v) is 7.59. The fraction of sp³-hybridized carbons (Fsp3) is 0.125. The third-order valence-corrected chi connectivity index (χ3v) is 9.10. The van der Waals surface area contributed by atoms with E-state index in [2.05, 4.69) is 104 Å². The molecule has 134 valence electrons. The molecule has 0 fully saturated rings. The van der Waals surface area contributed by atoms with Crippen LogP contribution in [-0.4, -0.2) is 9.97 Å². The fourth-order valence-electron chi connectivity index (χ4n) is 3.58. The molecule has 0 bridgehead atoms. The molecule has 1 aromatic heterocycles. The number of hydrogen-bond donors (Lipinski definition) is 1. The lowest BCUT2D eigenvalue weighted by Gasteiger charge is -2.25. The number of imidazole rings is 1. The van der Waals surface area contributed by atoms with Crippen LogP contribution in [0.4, 0.5) is 0 Å². The number of rotatable bonds is 5. The molecular formula is C24H24N2P+. The van der Waals surface area contributed by atoms with Crippen molar-refractivity contribution in [3.05, 3.63) is 102 Å². The number of aromatic nitrogens is 2. The van der Waals surface area contributed by atoms with Gasteiger partial charge in [0.1, 0.15) is 15.9 Å². The minimum atomic E-state index is -2.08. The van der Waals surface area contributed by atoms with E-state index < -0.39 is 7.26 Å². The first-order valence-electron chi connectivity index (χ1n) is 9.37. The van der Waals surface area contributed by atoms with Crippen LogP contribution >= 0.6 is 7.26 Å². The van der Waals surface area contributed by atoms with Gasteiger partial charge in [0.2, 0.25) is 0 Å². The summed E-state index contributed by atoms with van der Waals surface area (Å²) in [4.78, 5) is 8.56. The Kier molecular flexibility index (Phi) is 4.92. The van der Waals surface area contributed by atoms with Crippen molar-refractivity contribution in [1.82, 2.24) is 9.97 Å². The molecule has 0 spiro atoms. The van der Waals surface area contributed by atoms with Crippen LogP contribution in [0.25, 0.3) is 0 Å². The van der Waals surface area contributed by atoms with Gasteiger partial charge in [-0.05, 0) is 49.7 Å². The van der Waals surface area contributed by atoms with Crippen molar-refractivity contribution in [2.75, 3.05) is 0 Å². The van der Waals surface area contributed by atoms with Gasteiger partial charge in [0, 0.05) is 5.69 Å². The number of nitrogens with one attached hydrogen (secondary N) is 1. The first-order chi connectivity index (χ1) is 13.2. The highest BCUT2D eigenvalue weighted by molar-refractivity contribution is 8.01. The Morgan fingerprint density at radius 3 is 1.74 bits per heavy atom. The molecule has 1 N–H and O–H groups in total. The molecule has 0 radical (unpaired) electrons. The highest BCUT2D eigenvalue weighted by Crippen LogP contribution is 2.53. The Bertz CT molecular complexity index is 966. The van der Waals surface area contributed by atoms with Crippen LogP contribution in [0.2, 0.25) is 0 Å². The lowest BCUT2D eigenvalue weighted by molar-refractivity contribution is 1.07. The molecule has 0 saturated carbocycles. The SMILES string of the molecule is CCc1cnc([P+](c2ccccc2)(c2ccccc2)c2ccc(C)cc2)[nH]1. The summed E-state index contributed by atoms with van der Waals surface area (Å²) < 4.78 is 0. The van der Waals surface area contributed by atoms with Crippen LogP contribution in [0.1, 0.15) is 18.2 Å². The van der Waals surface area contributed by atoms with Crippen LogP contribution in [0.3, 0.4) is 0 Å². The zero-order chi connectivity index (χ0) is 18.7. The average Bonchev–Trinajstić information content (AvgIpc) is 3.21. The van der Waals surface area contributed by atoms with E-state index in [1.54, 1.807) is 0 Å². The second-order valence-electron chi connectivity index (χ2n) is 6.76. The summed E-state index contributed by atoms with van der Waals surface area (Å²) in [6.45, 7) is 4.30. The third-order valence-electron chi connectivity index (χ3n) is 5.02. The molecule has 0 aliphatic heterocycles. The van der Waals surface area contributed by atoms with Gasteiger partial charge in [-0.3, -0.25) is 0 Å². The van der Waals surface area contributed by atoms with Gasteiger partial charge in [0.25, 0.3) is 5.57 Å². The normalized spacial score (nSPS) is 11.5. The van der Waals surface area contributed by atoms with Crippen molar-refractivity contribution in [1.29, 1.82) is 0 Å². The maximum Gasteiger partial charge on any atom is 0.270 e. The Morgan fingerprint density at radius 1 is 0.741 bits per heavy atom. The van der Waals surface area contributed by atoms with E-state index in [0.29, 0.717) is 0 Å². The van der Waals surface area contributed by atoms with Crippen LogP contribution < -0.4 is 21.5 Å². The van der Waals surface area contributed by atoms with Gasteiger partial charge in [0.05, 0.1) is 6.20 Å². The molecule has 0 amide bonds. The van der Waals surface area contributed by atoms with Gasteiger partial charge in [-0.2, -0.15) is 0 Å². The summed E-state index contributed by atoms with van der Waals surface area (Å²) in [7, 11) is -2.08. The summed E-state index contributed by atoms with van der Waals surface area (Å²) in [5.41, 5.74) is 3.51. The summed E-state index contributed by atoms with van der Waals surface area (Å²) in [6, 6.07) is 30.6. The summed E-state index contributed by atoms with van der Waals surface area (Å²) in [5.74, 6) is 0. The van der Waals surface area contributed by atoms with Crippen LogP contribution in [0.15, 0.2) is 91.1 Å². The zero-order valence-electron chi connectivity index (χ0n) is 15.8. The van der Waals surface area contributed by atoms with Gasteiger partial charge in [-0.1, -0.05) is 61.0 Å². The van der Waals surface area contributed by atoms with Gasteiger partial charge < -0.3 is 4.98 Å². The summed E-state index contributed by atoms with van der Waals surface area (Å²) in [5, 5.41) is 3.96. The smallest absolute Gasteiger partial charge is 0.270 e. The number of nitrogens with zero attached hydrogens (tertiary/aromatic N) is 1. The largest absolute Gasteiger partial charge is 0.312 e. The zero-order valence-corrected chi connectivity index (χ0v) is 16.7. The minimum absolute atomic E-state index is 0.949. The molecule has 27 heavy (non-hydrogen) atoms. The van der Waals surface area contributed by atoms with Crippen molar-refractivity contribution < 1.29 is 0 Å². The average molecular weight is 371 g/mol. The summed E-state index contributed by atoms with van der Waals surface area (Å²) in [6.07, 6.45) is 2.94. The molecule has 0 aliphatic rings. The number of benzene rings is 3. The van der Waals surface area contributed by atoms with Gasteiger partial charge >= 0.3 is 0 Å². The highest BCUT2D eigenvalue weighted by atomic mass is 31.2. The number of hydrogen-bond acceptors (Lipinski definition) is 1. The molecule has 4 aromatic rings. The lowest BCUT2D eigenvalue weighted by atomic mass is 10.2. The first-order valence-corrected chi connectivity index (χ1v) is 11.2. The van der Waals surface area contributed by atoms with E-state index in [9.17, 15) is 0 Å². The molecule has 3 aromatic carbocycles. The predicted octanol–water partition coefficient (Wildman–Crippen LogP) is 3.90. The van der Waals surface area contributed by atoms with E-state index in [4.69, 9.17) is 4.98 Å². The minimum Gasteiger partial charge on any atom is -0.312 e. The van der Waals surface area contributed by atoms with Crippen molar-refractivity contribution in [2.45, 2.75) is 20.3 Å². The molecule has 0 atom stereocenters. The molecule has 0 aliphatic carbocycles. The van der Waals surface area contributed by atoms with Gasteiger partial charge in [0.15, 0.2) is 7.26 Å². The van der Waals surface area contributed by atoms with Crippen molar-refractivity contribution >= 4 is 28.7 Å². The lowest BCUT2D eigenvalue weighted by Crippen LogP contribution is -2.40. The number of aryl methyl sites for hydroxylation is 2. The number of aromatic amines is 1.